The predicted molar refractivity (Wildman–Crippen MR) is 59.3 cm³/mol. The third-order valence-corrected chi connectivity index (χ3v) is 2.58. The Kier molecular flexibility index (Phi) is 2.99. The van der Waals surface area contributed by atoms with E-state index in [0.29, 0.717) is 0 Å². The van der Waals surface area contributed by atoms with Gasteiger partial charge in [0, 0.05) is 7.11 Å². The maximum Gasteiger partial charge on any atom is 0.113 e. The number of hydrogen-bond acceptors (Lipinski definition) is 1. The molecule has 1 radical (unpaired) electrons. The topological polar surface area (TPSA) is 29.1 Å². The van der Waals surface area contributed by atoms with Gasteiger partial charge in [-0.2, -0.15) is 0 Å². The molecule has 0 aliphatic heterocycles. The third-order valence-electron chi connectivity index (χ3n) is 2.58. The molecule has 0 heterocycles. The molecular formula is C13H13O2. The van der Waals surface area contributed by atoms with Crippen LogP contribution >= 0.6 is 0 Å². The maximum absolute atomic E-state index is 10.9. The zero-order valence-electron chi connectivity index (χ0n) is 8.64. The van der Waals surface area contributed by atoms with Crippen molar-refractivity contribution < 1.29 is 9.84 Å². The molecule has 77 valence electrons. The van der Waals surface area contributed by atoms with Gasteiger partial charge in [0.15, 0.2) is 0 Å². The fourth-order valence-electron chi connectivity index (χ4n) is 1.71. The molecule has 0 N–H and O–H groups in total. The first-order chi connectivity index (χ1) is 7.35. The van der Waals surface area contributed by atoms with Crippen molar-refractivity contribution in [1.82, 2.24) is 0 Å². The van der Waals surface area contributed by atoms with Crippen molar-refractivity contribution in [2.45, 2.75) is 6.10 Å². The zero-order chi connectivity index (χ0) is 10.7. The van der Waals surface area contributed by atoms with Crippen LogP contribution in [0.25, 0.3) is 10.8 Å². The number of ether oxygens (including phenoxy) is 1. The molecule has 2 rings (SSSR count). The normalized spacial score (nSPS) is 12.9. The molecule has 0 aliphatic rings. The Morgan fingerprint density at radius 3 is 2.53 bits per heavy atom. The highest BCUT2D eigenvalue weighted by Crippen LogP contribution is 2.21. The minimum atomic E-state index is -0.338. The number of hydrogen-bond donors (Lipinski definition) is 0. The molecule has 0 saturated heterocycles. The lowest BCUT2D eigenvalue weighted by atomic mass is 10.0. The maximum atomic E-state index is 10.9. The smallest absolute Gasteiger partial charge is 0.113 e. The van der Waals surface area contributed by atoms with Gasteiger partial charge in [-0.15, -0.1) is 0 Å². The van der Waals surface area contributed by atoms with Crippen molar-refractivity contribution in [3.05, 3.63) is 48.0 Å². The fraction of sp³-hybridized carbons (Fsp3) is 0.231. The highest BCUT2D eigenvalue weighted by atomic mass is 16.5. The van der Waals surface area contributed by atoms with Gasteiger partial charge in [-0.25, -0.2) is 5.11 Å². The molecule has 1 unspecified atom stereocenters. The molecule has 1 atom stereocenters. The van der Waals surface area contributed by atoms with Crippen LogP contribution in [0.1, 0.15) is 11.7 Å². The van der Waals surface area contributed by atoms with Gasteiger partial charge in [0.2, 0.25) is 0 Å². The van der Waals surface area contributed by atoms with Crippen LogP contribution in [0.3, 0.4) is 0 Å². The van der Waals surface area contributed by atoms with Crippen LogP contribution in [-0.2, 0) is 9.84 Å². The van der Waals surface area contributed by atoms with E-state index in [1.165, 1.54) is 5.39 Å². The van der Waals surface area contributed by atoms with Crippen molar-refractivity contribution in [2.24, 2.45) is 0 Å². The lowest BCUT2D eigenvalue weighted by Gasteiger charge is -2.12. The van der Waals surface area contributed by atoms with E-state index in [9.17, 15) is 5.11 Å². The number of methoxy groups -OCH3 is 1. The van der Waals surface area contributed by atoms with Crippen LogP contribution in [-0.4, -0.2) is 13.7 Å². The van der Waals surface area contributed by atoms with Crippen LogP contribution in [0, 0.1) is 0 Å². The second-order valence-corrected chi connectivity index (χ2v) is 3.50. The molecule has 0 aliphatic carbocycles. The molecule has 0 aromatic heterocycles. The van der Waals surface area contributed by atoms with E-state index in [1.54, 1.807) is 7.11 Å². The summed E-state index contributed by atoms with van der Waals surface area (Å²) in [4.78, 5) is 0. The van der Waals surface area contributed by atoms with Gasteiger partial charge in [-0.3, -0.25) is 0 Å². The Morgan fingerprint density at radius 1 is 1.13 bits per heavy atom. The van der Waals surface area contributed by atoms with Crippen LogP contribution in [0.5, 0.6) is 0 Å². The molecular weight excluding hydrogens is 188 g/mol. The summed E-state index contributed by atoms with van der Waals surface area (Å²) >= 11 is 0. The number of benzene rings is 2. The van der Waals surface area contributed by atoms with Crippen molar-refractivity contribution in [3.8, 4) is 0 Å². The Morgan fingerprint density at radius 2 is 1.87 bits per heavy atom. The van der Waals surface area contributed by atoms with E-state index in [2.05, 4.69) is 6.07 Å². The first kappa shape index (κ1) is 10.1. The van der Waals surface area contributed by atoms with Gasteiger partial charge in [0.25, 0.3) is 0 Å². The van der Waals surface area contributed by atoms with Crippen molar-refractivity contribution in [2.75, 3.05) is 13.7 Å². The molecule has 2 nitrogen and oxygen atoms in total. The van der Waals surface area contributed by atoms with Gasteiger partial charge in [0.1, 0.15) is 12.7 Å². The van der Waals surface area contributed by atoms with Crippen LogP contribution < -0.4 is 0 Å². The van der Waals surface area contributed by atoms with Crippen molar-refractivity contribution >= 4 is 10.8 Å². The molecule has 0 saturated carbocycles. The van der Waals surface area contributed by atoms with Crippen LogP contribution in [0.4, 0.5) is 0 Å². The van der Waals surface area contributed by atoms with Crippen molar-refractivity contribution in [1.29, 1.82) is 0 Å². The summed E-state index contributed by atoms with van der Waals surface area (Å²) in [6.45, 7) is -0.241. The zero-order valence-corrected chi connectivity index (χ0v) is 8.64. The molecule has 0 amide bonds. The molecule has 2 aromatic carbocycles. The average Bonchev–Trinajstić information content (AvgIpc) is 2.30. The van der Waals surface area contributed by atoms with E-state index < -0.39 is 0 Å². The fourth-order valence-corrected chi connectivity index (χ4v) is 1.71. The minimum absolute atomic E-state index is 0.241. The lowest BCUT2D eigenvalue weighted by Crippen LogP contribution is -2.04. The Bertz CT molecular complexity index is 447. The summed E-state index contributed by atoms with van der Waals surface area (Å²) < 4.78 is 5.12. The SMILES string of the molecule is COC(C[O])c1ccc2ccccc2c1. The van der Waals surface area contributed by atoms with E-state index in [1.807, 2.05) is 36.4 Å². The Labute approximate surface area is 89.1 Å². The van der Waals surface area contributed by atoms with Crippen LogP contribution in [0.2, 0.25) is 0 Å². The summed E-state index contributed by atoms with van der Waals surface area (Å²) in [6, 6.07) is 14.1. The van der Waals surface area contributed by atoms with Gasteiger partial charge >= 0.3 is 0 Å². The highest BCUT2D eigenvalue weighted by molar-refractivity contribution is 5.83. The summed E-state index contributed by atoms with van der Waals surface area (Å²) in [6.07, 6.45) is -0.338. The molecule has 2 aromatic rings. The first-order valence-corrected chi connectivity index (χ1v) is 4.94. The quantitative estimate of drug-likeness (QED) is 0.750. The van der Waals surface area contributed by atoms with E-state index in [0.717, 1.165) is 10.9 Å². The van der Waals surface area contributed by atoms with Gasteiger partial charge in [-0.1, -0.05) is 36.4 Å². The van der Waals surface area contributed by atoms with Gasteiger partial charge in [-0.05, 0) is 22.4 Å². The summed E-state index contributed by atoms with van der Waals surface area (Å²) in [7, 11) is 1.57. The number of fused-ring (bicyclic) bond motifs is 1. The van der Waals surface area contributed by atoms with Gasteiger partial charge in [0.05, 0.1) is 0 Å². The summed E-state index contributed by atoms with van der Waals surface area (Å²) in [5.74, 6) is 0. The Hall–Kier alpha value is -1.38. The number of rotatable bonds is 3. The average molecular weight is 201 g/mol. The molecule has 0 fully saturated rings. The summed E-state index contributed by atoms with van der Waals surface area (Å²) in [5, 5.41) is 13.2. The summed E-state index contributed by atoms with van der Waals surface area (Å²) in [5.41, 5.74) is 0.950. The van der Waals surface area contributed by atoms with E-state index >= 15 is 0 Å². The molecule has 2 heteroatoms. The third kappa shape index (κ3) is 2.01. The second-order valence-electron chi connectivity index (χ2n) is 3.50. The molecule has 0 spiro atoms. The lowest BCUT2D eigenvalue weighted by molar-refractivity contribution is 0.0195. The highest BCUT2D eigenvalue weighted by Gasteiger charge is 2.09. The van der Waals surface area contributed by atoms with Gasteiger partial charge < -0.3 is 4.74 Å². The second kappa shape index (κ2) is 4.43. The van der Waals surface area contributed by atoms with E-state index in [4.69, 9.17) is 4.74 Å². The first-order valence-electron chi connectivity index (χ1n) is 4.94. The minimum Gasteiger partial charge on any atom is -0.374 e. The molecule has 15 heavy (non-hydrogen) atoms. The van der Waals surface area contributed by atoms with Crippen LogP contribution in [0.15, 0.2) is 42.5 Å². The largest absolute Gasteiger partial charge is 0.374 e. The Balaban J connectivity index is 2.46. The standard InChI is InChI=1S/C13H13O2/c1-15-13(9-14)12-7-6-10-4-2-3-5-11(10)8-12/h2-8,13H,9H2,1H3. The van der Waals surface area contributed by atoms with E-state index in [-0.39, 0.29) is 12.7 Å². The van der Waals surface area contributed by atoms with Crippen molar-refractivity contribution in [3.63, 3.8) is 0 Å². The molecule has 0 bridgehead atoms. The monoisotopic (exact) mass is 201 g/mol. The predicted octanol–water partition coefficient (Wildman–Crippen LogP) is 2.96.